The third-order valence-electron chi connectivity index (χ3n) is 5.46. The zero-order chi connectivity index (χ0) is 19.9. The van der Waals surface area contributed by atoms with Crippen LogP contribution in [-0.2, 0) is 16.9 Å². The Balaban J connectivity index is 1.93. The highest BCUT2D eigenvalue weighted by atomic mass is 32.2. The second-order valence-corrected chi connectivity index (χ2v) is 9.56. The van der Waals surface area contributed by atoms with Gasteiger partial charge in [-0.15, -0.1) is 0 Å². The van der Waals surface area contributed by atoms with E-state index >= 15 is 0 Å². The molecule has 3 aromatic rings. The summed E-state index contributed by atoms with van der Waals surface area (Å²) in [6.07, 6.45) is 6.51. The summed E-state index contributed by atoms with van der Waals surface area (Å²) in [5.41, 5.74) is 1.39. The van der Waals surface area contributed by atoms with Gasteiger partial charge in [0.05, 0.1) is 11.5 Å². The van der Waals surface area contributed by atoms with Crippen LogP contribution in [0.1, 0.15) is 19.3 Å². The molecule has 6 heteroatoms. The molecule has 0 N–H and O–H groups in total. The van der Waals surface area contributed by atoms with Crippen molar-refractivity contribution in [1.29, 1.82) is 0 Å². The molecule has 0 amide bonds. The van der Waals surface area contributed by atoms with Crippen LogP contribution in [0.25, 0.3) is 21.9 Å². The molecular weight excluding hydrogens is 374 g/mol. The van der Waals surface area contributed by atoms with Crippen LogP contribution in [-0.4, -0.2) is 25.8 Å². The van der Waals surface area contributed by atoms with E-state index in [4.69, 9.17) is 4.74 Å². The molecule has 0 saturated heterocycles. The van der Waals surface area contributed by atoms with E-state index in [1.807, 2.05) is 18.2 Å². The number of benzene rings is 2. The summed E-state index contributed by atoms with van der Waals surface area (Å²) in [5, 5.41) is 1.38. The molecule has 1 aromatic heterocycles. The Bertz CT molecular complexity index is 1210. The molecule has 0 bridgehead atoms. The van der Waals surface area contributed by atoms with E-state index in [0.717, 1.165) is 10.9 Å². The molecule has 0 radical (unpaired) electrons. The van der Waals surface area contributed by atoms with Crippen LogP contribution in [0.2, 0.25) is 0 Å². The van der Waals surface area contributed by atoms with Crippen LogP contribution in [0.3, 0.4) is 0 Å². The van der Waals surface area contributed by atoms with Crippen molar-refractivity contribution in [3.63, 3.8) is 0 Å². The molecule has 1 aliphatic rings. The van der Waals surface area contributed by atoms with Gasteiger partial charge in [-0.2, -0.15) is 0 Å². The summed E-state index contributed by atoms with van der Waals surface area (Å²) < 4.78 is 31.9. The molecule has 2 aromatic carbocycles. The molecule has 1 fully saturated rings. The van der Waals surface area contributed by atoms with Crippen LogP contribution in [0.4, 0.5) is 0 Å². The Morgan fingerprint density at radius 1 is 1.07 bits per heavy atom. The molecule has 0 spiro atoms. The summed E-state index contributed by atoms with van der Waals surface area (Å²) in [7, 11) is -1.67. The predicted octanol–water partition coefficient (Wildman–Crippen LogP) is 3.79. The van der Waals surface area contributed by atoms with E-state index in [2.05, 4.69) is 0 Å². The van der Waals surface area contributed by atoms with E-state index in [1.54, 1.807) is 37.5 Å². The number of pyridine rings is 1. The summed E-state index contributed by atoms with van der Waals surface area (Å²) >= 11 is 0. The first-order valence-corrected chi connectivity index (χ1v) is 11.3. The quantitative estimate of drug-likeness (QED) is 0.657. The van der Waals surface area contributed by atoms with Crippen molar-refractivity contribution in [2.45, 2.75) is 24.2 Å². The van der Waals surface area contributed by atoms with Gasteiger partial charge in [-0.1, -0.05) is 24.6 Å². The second-order valence-electron chi connectivity index (χ2n) is 7.54. The highest BCUT2D eigenvalue weighted by Gasteiger charge is 2.21. The van der Waals surface area contributed by atoms with Crippen LogP contribution in [0.15, 0.2) is 58.4 Å². The van der Waals surface area contributed by atoms with Gasteiger partial charge >= 0.3 is 0 Å². The lowest BCUT2D eigenvalue weighted by Crippen LogP contribution is -2.20. The van der Waals surface area contributed by atoms with Gasteiger partial charge in [0.1, 0.15) is 5.75 Å². The van der Waals surface area contributed by atoms with E-state index < -0.39 is 9.84 Å². The smallest absolute Gasteiger partial charge is 0.258 e. The maximum Gasteiger partial charge on any atom is 0.258 e. The zero-order valence-corrected chi connectivity index (χ0v) is 16.8. The number of hydrogen-bond donors (Lipinski definition) is 0. The van der Waals surface area contributed by atoms with Gasteiger partial charge in [-0.3, -0.25) is 4.79 Å². The standard InChI is InChI=1S/C22H23NO4S/c1-23-13-20(17-8-3-4-9-18(17)22(23)24)19-12-16(28(2,25)26)10-11-21(19)27-14-15-6-5-7-15/h3-4,8-13,15H,5-7,14H2,1-2H3. The van der Waals surface area contributed by atoms with Gasteiger partial charge in [-0.05, 0) is 48.4 Å². The first-order valence-electron chi connectivity index (χ1n) is 9.40. The van der Waals surface area contributed by atoms with E-state index in [-0.39, 0.29) is 10.5 Å². The molecule has 0 unspecified atom stereocenters. The van der Waals surface area contributed by atoms with Crippen molar-refractivity contribution < 1.29 is 13.2 Å². The Labute approximate surface area is 164 Å². The average molecular weight is 397 g/mol. The fraction of sp³-hybridized carbons (Fsp3) is 0.318. The van der Waals surface area contributed by atoms with Crippen molar-refractivity contribution in [3.8, 4) is 16.9 Å². The lowest BCUT2D eigenvalue weighted by molar-refractivity contribution is 0.181. The Morgan fingerprint density at radius 2 is 1.79 bits per heavy atom. The van der Waals surface area contributed by atoms with Gasteiger partial charge in [0, 0.05) is 36.0 Å². The molecule has 1 heterocycles. The van der Waals surface area contributed by atoms with E-state index in [9.17, 15) is 13.2 Å². The molecule has 28 heavy (non-hydrogen) atoms. The van der Waals surface area contributed by atoms with Crippen molar-refractivity contribution in [2.24, 2.45) is 13.0 Å². The summed E-state index contributed by atoms with van der Waals surface area (Å²) in [6, 6.07) is 12.3. The molecule has 146 valence electrons. The van der Waals surface area contributed by atoms with Crippen LogP contribution in [0.5, 0.6) is 5.75 Å². The fourth-order valence-electron chi connectivity index (χ4n) is 3.57. The van der Waals surface area contributed by atoms with Gasteiger partial charge < -0.3 is 9.30 Å². The largest absolute Gasteiger partial charge is 0.493 e. The van der Waals surface area contributed by atoms with Gasteiger partial charge in [0.15, 0.2) is 9.84 Å². The predicted molar refractivity (Wildman–Crippen MR) is 111 cm³/mol. The minimum absolute atomic E-state index is 0.0874. The SMILES string of the molecule is Cn1cc(-c2cc(S(C)(=O)=O)ccc2OCC2CCC2)c2ccccc2c1=O. The highest BCUT2D eigenvalue weighted by Crippen LogP contribution is 2.37. The van der Waals surface area contributed by atoms with Gasteiger partial charge in [0.2, 0.25) is 0 Å². The molecule has 4 rings (SSSR count). The first kappa shape index (κ1) is 18.7. The molecule has 1 saturated carbocycles. The maximum absolute atomic E-state index is 12.5. The third-order valence-corrected chi connectivity index (χ3v) is 6.57. The van der Waals surface area contributed by atoms with Crippen molar-refractivity contribution in [3.05, 3.63) is 59.0 Å². The second kappa shape index (κ2) is 7.09. The van der Waals surface area contributed by atoms with E-state index in [1.165, 1.54) is 30.1 Å². The molecular formula is C22H23NO4S. The van der Waals surface area contributed by atoms with Crippen molar-refractivity contribution in [2.75, 3.05) is 12.9 Å². The van der Waals surface area contributed by atoms with Crippen LogP contribution < -0.4 is 10.3 Å². The fourth-order valence-corrected chi connectivity index (χ4v) is 4.22. The Morgan fingerprint density at radius 3 is 2.43 bits per heavy atom. The van der Waals surface area contributed by atoms with Crippen molar-refractivity contribution >= 4 is 20.6 Å². The zero-order valence-electron chi connectivity index (χ0n) is 16.0. The minimum atomic E-state index is -3.37. The number of ether oxygens (including phenoxy) is 1. The lowest BCUT2D eigenvalue weighted by Gasteiger charge is -2.26. The average Bonchev–Trinajstić information content (AvgIpc) is 2.63. The first-order chi connectivity index (χ1) is 13.3. The van der Waals surface area contributed by atoms with Crippen molar-refractivity contribution in [1.82, 2.24) is 4.57 Å². The monoisotopic (exact) mass is 397 g/mol. The highest BCUT2D eigenvalue weighted by molar-refractivity contribution is 7.90. The van der Waals surface area contributed by atoms with E-state index in [0.29, 0.717) is 29.2 Å². The third kappa shape index (κ3) is 3.44. The number of sulfone groups is 1. The van der Waals surface area contributed by atoms with Crippen LogP contribution >= 0.6 is 0 Å². The topological polar surface area (TPSA) is 65.4 Å². The van der Waals surface area contributed by atoms with Crippen LogP contribution in [0, 0.1) is 5.92 Å². The number of nitrogens with zero attached hydrogens (tertiary/aromatic N) is 1. The Hall–Kier alpha value is -2.60. The van der Waals surface area contributed by atoms with Gasteiger partial charge in [0.25, 0.3) is 5.56 Å². The minimum Gasteiger partial charge on any atom is -0.493 e. The normalized spacial score (nSPS) is 14.8. The molecule has 0 aliphatic heterocycles. The number of aryl methyl sites for hydroxylation is 1. The number of hydrogen-bond acceptors (Lipinski definition) is 4. The molecule has 0 atom stereocenters. The Kier molecular flexibility index (Phi) is 4.75. The lowest BCUT2D eigenvalue weighted by atomic mass is 9.86. The van der Waals surface area contributed by atoms with Gasteiger partial charge in [-0.25, -0.2) is 8.42 Å². The number of fused-ring (bicyclic) bond motifs is 1. The molecule has 5 nitrogen and oxygen atoms in total. The summed E-state index contributed by atoms with van der Waals surface area (Å²) in [6.45, 7) is 0.620. The maximum atomic E-state index is 12.5. The summed E-state index contributed by atoms with van der Waals surface area (Å²) in [4.78, 5) is 12.8. The molecule has 1 aliphatic carbocycles. The number of aromatic nitrogens is 1. The summed E-state index contributed by atoms with van der Waals surface area (Å²) in [5.74, 6) is 1.20. The number of rotatable bonds is 5.